The zero-order valence-corrected chi connectivity index (χ0v) is 11.9. The molecule has 2 nitrogen and oxygen atoms in total. The largest absolute Gasteiger partial charge is 0.493 e. The fraction of sp³-hybridized carbons (Fsp3) is 0.562. The molecule has 0 aliphatic carbocycles. The number of fused-ring (bicyclic) bond motifs is 2. The Bertz CT molecular complexity index is 420. The summed E-state index contributed by atoms with van der Waals surface area (Å²) in [5, 5.41) is 1.51. The number of thioether (sulfide) groups is 1. The number of ether oxygens (including phenoxy) is 1. The van der Waals surface area contributed by atoms with Crippen molar-refractivity contribution < 1.29 is 9.53 Å². The van der Waals surface area contributed by atoms with Crippen LogP contribution in [0.1, 0.15) is 32.1 Å². The molecule has 3 heteroatoms. The van der Waals surface area contributed by atoms with Crippen LogP contribution in [0.2, 0.25) is 0 Å². The standard InChI is InChI=1S/C16H20O2S/c17-16(8-9-18-13-4-2-1-3-5-13)12-10-14-6-7-15(11-12)19-14/h1-5,12,14-15H,6-11H2. The van der Waals surface area contributed by atoms with Crippen molar-refractivity contribution in [3.8, 4) is 5.75 Å². The lowest BCUT2D eigenvalue weighted by Gasteiger charge is -2.26. The molecular formula is C16H20O2S. The van der Waals surface area contributed by atoms with Crippen molar-refractivity contribution in [2.24, 2.45) is 5.92 Å². The highest BCUT2D eigenvalue weighted by Crippen LogP contribution is 2.46. The van der Waals surface area contributed by atoms with E-state index >= 15 is 0 Å². The first kappa shape index (κ1) is 13.0. The monoisotopic (exact) mass is 276 g/mol. The van der Waals surface area contributed by atoms with E-state index in [9.17, 15) is 4.79 Å². The summed E-state index contributed by atoms with van der Waals surface area (Å²) < 4.78 is 5.61. The molecule has 2 aliphatic rings. The van der Waals surface area contributed by atoms with Crippen molar-refractivity contribution in [2.75, 3.05) is 6.61 Å². The number of para-hydroxylation sites is 1. The van der Waals surface area contributed by atoms with E-state index in [1.165, 1.54) is 12.8 Å². The van der Waals surface area contributed by atoms with Gasteiger partial charge in [0.1, 0.15) is 11.5 Å². The zero-order valence-electron chi connectivity index (χ0n) is 11.1. The molecule has 102 valence electrons. The molecule has 0 amide bonds. The van der Waals surface area contributed by atoms with Crippen LogP contribution in [0, 0.1) is 5.92 Å². The van der Waals surface area contributed by atoms with Gasteiger partial charge in [-0.05, 0) is 37.8 Å². The molecule has 1 aromatic rings. The summed E-state index contributed by atoms with van der Waals surface area (Å²) in [6, 6.07) is 9.73. The lowest BCUT2D eigenvalue weighted by molar-refractivity contribution is -0.123. The maximum absolute atomic E-state index is 12.2. The Balaban J connectivity index is 1.44. The molecule has 2 aliphatic heterocycles. The van der Waals surface area contributed by atoms with E-state index < -0.39 is 0 Å². The Morgan fingerprint density at radius 3 is 2.53 bits per heavy atom. The molecule has 2 unspecified atom stereocenters. The van der Waals surface area contributed by atoms with Gasteiger partial charge in [-0.25, -0.2) is 0 Å². The van der Waals surface area contributed by atoms with Crippen LogP contribution in [0.25, 0.3) is 0 Å². The Morgan fingerprint density at radius 2 is 1.84 bits per heavy atom. The minimum atomic E-state index is 0.304. The summed E-state index contributed by atoms with van der Waals surface area (Å²) in [7, 11) is 0. The highest BCUT2D eigenvalue weighted by atomic mass is 32.2. The van der Waals surface area contributed by atoms with Crippen molar-refractivity contribution in [2.45, 2.75) is 42.6 Å². The maximum atomic E-state index is 12.2. The first-order chi connectivity index (χ1) is 9.31. The topological polar surface area (TPSA) is 26.3 Å². The number of Topliss-reactive ketones (excluding diaryl/α,β-unsaturated/α-hetero) is 1. The van der Waals surface area contributed by atoms with Crippen LogP contribution < -0.4 is 4.74 Å². The predicted octanol–water partition coefficient (Wildman–Crippen LogP) is 3.70. The van der Waals surface area contributed by atoms with Gasteiger partial charge in [0, 0.05) is 22.8 Å². The molecule has 0 saturated carbocycles. The van der Waals surface area contributed by atoms with Gasteiger partial charge in [-0.1, -0.05) is 18.2 Å². The molecule has 3 rings (SSSR count). The van der Waals surface area contributed by atoms with Gasteiger partial charge < -0.3 is 4.74 Å². The number of rotatable bonds is 5. The van der Waals surface area contributed by atoms with Gasteiger partial charge in [0.05, 0.1) is 6.61 Å². The van der Waals surface area contributed by atoms with Crippen LogP contribution >= 0.6 is 11.8 Å². The Kier molecular flexibility index (Phi) is 4.12. The molecule has 2 fully saturated rings. The molecule has 0 radical (unpaired) electrons. The number of hydrogen-bond acceptors (Lipinski definition) is 3. The molecule has 1 aromatic carbocycles. The second-order valence-electron chi connectivity index (χ2n) is 5.50. The van der Waals surface area contributed by atoms with E-state index in [4.69, 9.17) is 4.74 Å². The molecule has 2 bridgehead atoms. The van der Waals surface area contributed by atoms with Crippen LogP contribution in [0.5, 0.6) is 5.75 Å². The Labute approximate surface area is 118 Å². The molecule has 0 N–H and O–H groups in total. The van der Waals surface area contributed by atoms with E-state index in [0.29, 0.717) is 24.7 Å². The molecule has 2 atom stereocenters. The predicted molar refractivity (Wildman–Crippen MR) is 78.7 cm³/mol. The molecule has 2 saturated heterocycles. The number of carbonyl (C=O) groups excluding carboxylic acids is 1. The Hall–Kier alpha value is -0.960. The first-order valence-corrected chi connectivity index (χ1v) is 8.11. The van der Waals surface area contributed by atoms with Crippen molar-refractivity contribution in [1.82, 2.24) is 0 Å². The fourth-order valence-corrected chi connectivity index (χ4v) is 4.89. The minimum absolute atomic E-state index is 0.304. The van der Waals surface area contributed by atoms with Crippen molar-refractivity contribution >= 4 is 17.5 Å². The van der Waals surface area contributed by atoms with Crippen LogP contribution in [-0.2, 0) is 4.79 Å². The molecule has 2 heterocycles. The SMILES string of the molecule is O=C(CCOc1ccccc1)C1CC2CCC(C1)S2. The molecule has 19 heavy (non-hydrogen) atoms. The Morgan fingerprint density at radius 1 is 1.16 bits per heavy atom. The van der Waals surface area contributed by atoms with Crippen molar-refractivity contribution in [3.05, 3.63) is 30.3 Å². The summed E-state index contributed by atoms with van der Waals surface area (Å²) >= 11 is 2.11. The number of hydrogen-bond donors (Lipinski definition) is 0. The van der Waals surface area contributed by atoms with Gasteiger partial charge in [-0.15, -0.1) is 0 Å². The second kappa shape index (κ2) is 6.00. The minimum Gasteiger partial charge on any atom is -0.493 e. The van der Waals surface area contributed by atoms with Crippen LogP contribution in [0.3, 0.4) is 0 Å². The van der Waals surface area contributed by atoms with Gasteiger partial charge in [-0.3, -0.25) is 4.79 Å². The maximum Gasteiger partial charge on any atom is 0.139 e. The second-order valence-corrected chi connectivity index (χ2v) is 7.11. The van der Waals surface area contributed by atoms with Gasteiger partial charge >= 0.3 is 0 Å². The zero-order chi connectivity index (χ0) is 13.1. The van der Waals surface area contributed by atoms with Gasteiger partial charge in [0.15, 0.2) is 0 Å². The van der Waals surface area contributed by atoms with E-state index in [-0.39, 0.29) is 0 Å². The summed E-state index contributed by atoms with van der Waals surface area (Å²) in [4.78, 5) is 12.2. The summed E-state index contributed by atoms with van der Waals surface area (Å²) in [5.74, 6) is 1.57. The highest BCUT2D eigenvalue weighted by Gasteiger charge is 2.37. The quantitative estimate of drug-likeness (QED) is 0.820. The number of carbonyl (C=O) groups is 1. The summed E-state index contributed by atoms with van der Waals surface area (Å²) in [6.45, 7) is 0.516. The molecular weight excluding hydrogens is 256 g/mol. The van der Waals surface area contributed by atoms with Gasteiger partial charge in [-0.2, -0.15) is 11.8 Å². The van der Waals surface area contributed by atoms with Gasteiger partial charge in [0.2, 0.25) is 0 Å². The van der Waals surface area contributed by atoms with E-state index in [1.807, 2.05) is 30.3 Å². The van der Waals surface area contributed by atoms with E-state index in [1.54, 1.807) is 0 Å². The first-order valence-electron chi connectivity index (χ1n) is 7.17. The average molecular weight is 276 g/mol. The average Bonchev–Trinajstić information content (AvgIpc) is 2.78. The molecule has 0 spiro atoms. The lowest BCUT2D eigenvalue weighted by Crippen LogP contribution is -2.25. The van der Waals surface area contributed by atoms with Crippen molar-refractivity contribution in [3.63, 3.8) is 0 Å². The van der Waals surface area contributed by atoms with Crippen LogP contribution in [-0.4, -0.2) is 22.9 Å². The van der Waals surface area contributed by atoms with Gasteiger partial charge in [0.25, 0.3) is 0 Å². The lowest BCUT2D eigenvalue weighted by atomic mass is 9.93. The van der Waals surface area contributed by atoms with Crippen molar-refractivity contribution in [1.29, 1.82) is 0 Å². The smallest absolute Gasteiger partial charge is 0.139 e. The van der Waals surface area contributed by atoms with Crippen LogP contribution in [0.4, 0.5) is 0 Å². The fourth-order valence-electron chi connectivity index (χ4n) is 3.11. The van der Waals surface area contributed by atoms with E-state index in [2.05, 4.69) is 11.8 Å². The third-order valence-electron chi connectivity index (χ3n) is 4.11. The number of ketones is 1. The molecule has 0 aromatic heterocycles. The summed E-state index contributed by atoms with van der Waals surface area (Å²) in [5.41, 5.74) is 0. The van der Waals surface area contributed by atoms with E-state index in [0.717, 1.165) is 29.1 Å². The number of benzene rings is 1. The third kappa shape index (κ3) is 3.33. The van der Waals surface area contributed by atoms with Crippen LogP contribution in [0.15, 0.2) is 30.3 Å². The highest BCUT2D eigenvalue weighted by molar-refractivity contribution is 8.00. The third-order valence-corrected chi connectivity index (χ3v) is 5.73. The summed E-state index contributed by atoms with van der Waals surface area (Å²) in [6.07, 6.45) is 5.40. The normalized spacial score (nSPS) is 29.2.